The van der Waals surface area contributed by atoms with E-state index in [1.165, 1.54) is 0 Å². The van der Waals surface area contributed by atoms with Crippen LogP contribution in [0.15, 0.2) is 97.6 Å². The van der Waals surface area contributed by atoms with Gasteiger partial charge in [-0.05, 0) is 87.4 Å². The Morgan fingerprint density at radius 1 is 0.558 bits per heavy atom. The highest BCUT2D eigenvalue weighted by Gasteiger charge is 2.18. The maximum absolute atomic E-state index is 5.11. The smallest absolute Gasteiger partial charge is 0.110 e. The summed E-state index contributed by atoms with van der Waals surface area (Å²) in [6, 6.07) is 24.8. The highest BCUT2D eigenvalue weighted by Crippen LogP contribution is 2.34. The van der Waals surface area contributed by atoms with E-state index in [-0.39, 0.29) is 0 Å². The summed E-state index contributed by atoms with van der Waals surface area (Å²) in [6.45, 7) is 3.99. The molecule has 2 aromatic carbocycles. The van der Waals surface area contributed by atoms with Gasteiger partial charge in [-0.3, -0.25) is 29.9 Å². The van der Waals surface area contributed by atoms with Crippen LogP contribution in [0.2, 0.25) is 0 Å². The Kier molecular flexibility index (Phi) is 7.72. The van der Waals surface area contributed by atoms with Crippen LogP contribution < -0.4 is 0 Å². The summed E-state index contributed by atoms with van der Waals surface area (Å²) in [4.78, 5) is 38.6. The number of rotatable bonds is 8. The zero-order chi connectivity index (χ0) is 35.3. The van der Waals surface area contributed by atoms with Gasteiger partial charge in [0.25, 0.3) is 0 Å². The average Bonchev–Trinajstić information content (AvgIpc) is 3.69. The van der Waals surface area contributed by atoms with Crippen LogP contribution in [0.3, 0.4) is 0 Å². The maximum atomic E-state index is 5.11. The van der Waals surface area contributed by atoms with E-state index in [1.807, 2.05) is 62.9 Å². The van der Waals surface area contributed by atoms with Crippen molar-refractivity contribution >= 4 is 43.9 Å². The van der Waals surface area contributed by atoms with Gasteiger partial charge in [-0.1, -0.05) is 12.1 Å². The first kappa shape index (κ1) is 31.6. The van der Waals surface area contributed by atoms with Crippen molar-refractivity contribution in [3.05, 3.63) is 132 Å². The number of nitrogens with zero attached hydrogens (tertiary/aromatic N) is 10. The van der Waals surface area contributed by atoms with E-state index in [9.17, 15) is 0 Å². The van der Waals surface area contributed by atoms with Crippen LogP contribution in [0.4, 0.5) is 0 Å². The number of hydrogen-bond acceptors (Lipinski definition) is 8. The van der Waals surface area contributed by atoms with E-state index >= 15 is 0 Å². The molecule has 0 aliphatic rings. The van der Waals surface area contributed by atoms with E-state index in [4.69, 9.17) is 29.9 Å². The van der Waals surface area contributed by atoms with Crippen molar-refractivity contribution in [2.45, 2.75) is 39.5 Å². The Morgan fingerprint density at radius 3 is 2.15 bits per heavy atom. The standard InChI is InChI=1S/C42H36N10/c1-25-23-45-26(2)32(47-25)16-19-39-50-42-30-10-7-21-44-40(30)31(22-37(42)52(39)4)27-12-14-34(46-24-27)35-11-5-8-28(48-35)13-18-38-49-41-29-9-6-20-43-33(29)15-17-36(41)51(38)3/h5-12,14-15,17,20-24H,13,16,18-19H2,1-4H3. The van der Waals surface area contributed by atoms with E-state index in [0.717, 1.165) is 126 Å². The average molecular weight is 681 g/mol. The molecule has 0 unspecified atom stereocenters. The lowest BCUT2D eigenvalue weighted by atomic mass is 10.0. The number of fused-ring (bicyclic) bond motifs is 6. The summed E-state index contributed by atoms with van der Waals surface area (Å²) >= 11 is 0. The van der Waals surface area contributed by atoms with Gasteiger partial charge < -0.3 is 9.13 Å². The van der Waals surface area contributed by atoms with Gasteiger partial charge in [0.15, 0.2) is 0 Å². The van der Waals surface area contributed by atoms with Gasteiger partial charge in [0.2, 0.25) is 0 Å². The molecule has 0 amide bonds. The normalized spacial score (nSPS) is 11.8. The topological polar surface area (TPSA) is 113 Å². The van der Waals surface area contributed by atoms with Crippen molar-refractivity contribution in [3.63, 3.8) is 0 Å². The lowest BCUT2D eigenvalue weighted by Gasteiger charge is -2.09. The first-order valence-corrected chi connectivity index (χ1v) is 17.5. The Balaban J connectivity index is 0.983. The van der Waals surface area contributed by atoms with Crippen molar-refractivity contribution in [2.75, 3.05) is 0 Å². The third kappa shape index (κ3) is 5.53. The Labute approximate surface area is 300 Å². The molecule has 9 aromatic rings. The largest absolute Gasteiger partial charge is 0.331 e. The predicted octanol–water partition coefficient (Wildman–Crippen LogP) is 7.66. The number of pyridine rings is 4. The number of benzene rings is 2. The van der Waals surface area contributed by atoms with Gasteiger partial charge in [0, 0.05) is 79.3 Å². The molecule has 10 nitrogen and oxygen atoms in total. The molecule has 0 aliphatic heterocycles. The van der Waals surface area contributed by atoms with Crippen LogP contribution in [0.25, 0.3) is 66.4 Å². The van der Waals surface area contributed by atoms with Gasteiger partial charge in [0.1, 0.15) is 11.6 Å². The number of aryl methyl sites for hydroxylation is 8. The summed E-state index contributed by atoms with van der Waals surface area (Å²) in [7, 11) is 4.16. The van der Waals surface area contributed by atoms with Crippen molar-refractivity contribution in [1.82, 2.24) is 49.0 Å². The van der Waals surface area contributed by atoms with Gasteiger partial charge in [-0.25, -0.2) is 9.97 Å². The summed E-state index contributed by atoms with van der Waals surface area (Å²) in [5.41, 5.74) is 13.5. The minimum atomic E-state index is 0.761. The molecule has 0 bridgehead atoms. The summed E-state index contributed by atoms with van der Waals surface area (Å²) in [5, 5.41) is 2.09. The highest BCUT2D eigenvalue weighted by molar-refractivity contribution is 6.09. The Morgan fingerprint density at radius 2 is 1.33 bits per heavy atom. The molecule has 0 saturated heterocycles. The van der Waals surface area contributed by atoms with Crippen molar-refractivity contribution in [2.24, 2.45) is 14.1 Å². The highest BCUT2D eigenvalue weighted by atomic mass is 15.1. The molecule has 0 aliphatic carbocycles. The minimum absolute atomic E-state index is 0.761. The predicted molar refractivity (Wildman–Crippen MR) is 205 cm³/mol. The summed E-state index contributed by atoms with van der Waals surface area (Å²) in [5.74, 6) is 2.02. The lowest BCUT2D eigenvalue weighted by Crippen LogP contribution is -2.05. The lowest BCUT2D eigenvalue weighted by molar-refractivity contribution is 0.764. The fourth-order valence-electron chi connectivity index (χ4n) is 7.22. The molecule has 10 heteroatoms. The van der Waals surface area contributed by atoms with Crippen LogP contribution in [0.1, 0.15) is 34.4 Å². The van der Waals surface area contributed by atoms with Crippen molar-refractivity contribution in [1.29, 1.82) is 0 Å². The molecule has 7 heterocycles. The van der Waals surface area contributed by atoms with Crippen LogP contribution in [-0.4, -0.2) is 49.0 Å². The van der Waals surface area contributed by atoms with Crippen molar-refractivity contribution in [3.8, 4) is 22.5 Å². The zero-order valence-corrected chi connectivity index (χ0v) is 29.5. The molecule has 7 aromatic heterocycles. The molecular formula is C42H36N10. The van der Waals surface area contributed by atoms with Crippen LogP contribution >= 0.6 is 0 Å². The van der Waals surface area contributed by atoms with Gasteiger partial charge in [-0.15, -0.1) is 0 Å². The van der Waals surface area contributed by atoms with Gasteiger partial charge >= 0.3 is 0 Å². The summed E-state index contributed by atoms with van der Waals surface area (Å²) < 4.78 is 4.36. The SMILES string of the molecule is Cc1cnc(C)c(CCc2nc3c4cccnc4c(-c4ccc(-c5cccc(CCc6nc7c8cccnc8ccc7n6C)n5)nc4)cc3n2C)n1. The molecular weight excluding hydrogens is 645 g/mol. The molecule has 0 fully saturated rings. The second-order valence-corrected chi connectivity index (χ2v) is 13.4. The third-order valence-corrected chi connectivity index (χ3v) is 10.1. The molecule has 0 radical (unpaired) electrons. The third-order valence-electron chi connectivity index (χ3n) is 10.1. The summed E-state index contributed by atoms with van der Waals surface area (Å²) in [6.07, 6.45) is 10.5. The fraction of sp³-hybridized carbons (Fsp3) is 0.190. The molecule has 254 valence electrons. The van der Waals surface area contributed by atoms with Crippen molar-refractivity contribution < 1.29 is 0 Å². The second-order valence-electron chi connectivity index (χ2n) is 13.4. The van der Waals surface area contributed by atoms with Crippen LogP contribution in [-0.2, 0) is 39.8 Å². The first-order chi connectivity index (χ1) is 25.4. The Hall–Kier alpha value is -6.42. The van der Waals surface area contributed by atoms with E-state index in [1.54, 1.807) is 0 Å². The van der Waals surface area contributed by atoms with Gasteiger partial charge in [-0.2, -0.15) is 0 Å². The van der Waals surface area contributed by atoms with Crippen LogP contribution in [0.5, 0.6) is 0 Å². The second kappa shape index (κ2) is 12.7. The molecule has 9 rings (SSSR count). The van der Waals surface area contributed by atoms with E-state index in [0.29, 0.717) is 0 Å². The van der Waals surface area contributed by atoms with E-state index in [2.05, 4.69) is 81.7 Å². The molecule has 0 saturated carbocycles. The molecule has 52 heavy (non-hydrogen) atoms. The maximum Gasteiger partial charge on any atom is 0.110 e. The molecule has 0 N–H and O–H groups in total. The van der Waals surface area contributed by atoms with Gasteiger partial charge in [0.05, 0.1) is 61.6 Å². The zero-order valence-electron chi connectivity index (χ0n) is 29.5. The minimum Gasteiger partial charge on any atom is -0.331 e. The number of aromatic nitrogens is 10. The first-order valence-electron chi connectivity index (χ1n) is 17.5. The number of imidazole rings is 2. The quantitative estimate of drug-likeness (QED) is 0.161. The number of hydrogen-bond donors (Lipinski definition) is 0. The monoisotopic (exact) mass is 680 g/mol. The Bertz CT molecular complexity index is 2800. The van der Waals surface area contributed by atoms with E-state index < -0.39 is 0 Å². The van der Waals surface area contributed by atoms with Crippen LogP contribution in [0, 0.1) is 13.8 Å². The molecule has 0 spiro atoms. The fourth-order valence-corrected chi connectivity index (χ4v) is 7.22. The molecule has 0 atom stereocenters.